The molecule has 0 fully saturated rings. The van der Waals surface area contributed by atoms with E-state index in [-0.39, 0.29) is 5.91 Å². The maximum atomic E-state index is 12.3. The van der Waals surface area contributed by atoms with Crippen molar-refractivity contribution in [1.29, 1.82) is 0 Å². The Balaban J connectivity index is 1.62. The summed E-state index contributed by atoms with van der Waals surface area (Å²) in [6, 6.07) is 16.2. The van der Waals surface area contributed by atoms with E-state index in [2.05, 4.69) is 34.5 Å². The molecular weight excluding hydrogens is 288 g/mol. The van der Waals surface area contributed by atoms with Crippen molar-refractivity contribution in [3.8, 4) is 5.75 Å². The second-order valence-electron chi connectivity index (χ2n) is 5.95. The Kier molecular flexibility index (Phi) is 4.63. The third-order valence-electron chi connectivity index (χ3n) is 4.38. The fourth-order valence-corrected chi connectivity index (χ4v) is 3.23. The first kappa shape index (κ1) is 15.6. The van der Waals surface area contributed by atoms with Gasteiger partial charge in [-0.3, -0.25) is 9.69 Å². The number of rotatable bonds is 5. The number of nitrogens with one attached hydrogen (secondary N) is 1. The lowest BCUT2D eigenvalue weighted by molar-refractivity contribution is -0.117. The number of nitrogens with zero attached hydrogens (tertiary/aromatic N) is 1. The van der Waals surface area contributed by atoms with Gasteiger partial charge in [-0.05, 0) is 43.1 Å². The van der Waals surface area contributed by atoms with Crippen LogP contribution in [0.3, 0.4) is 0 Å². The number of aryl methyl sites for hydroxylation is 1. The van der Waals surface area contributed by atoms with Crippen LogP contribution in [0.1, 0.15) is 23.6 Å². The van der Waals surface area contributed by atoms with Gasteiger partial charge in [-0.1, -0.05) is 30.3 Å². The standard InChI is InChI=1S/C19H22N2O2/c1-21(18-11-10-14-6-3-4-9-17(14)18)13-19(22)20-15-7-5-8-16(12-15)23-2/h3-9,12,18H,10-11,13H2,1-2H3,(H,20,22)/t18-/m1/s1. The molecule has 0 aromatic heterocycles. The molecule has 0 spiro atoms. The van der Waals surface area contributed by atoms with Crippen molar-refractivity contribution >= 4 is 11.6 Å². The monoisotopic (exact) mass is 310 g/mol. The van der Waals surface area contributed by atoms with Crippen LogP contribution in [0.4, 0.5) is 5.69 Å². The zero-order valence-corrected chi connectivity index (χ0v) is 13.6. The largest absolute Gasteiger partial charge is 0.497 e. The van der Waals surface area contributed by atoms with E-state index in [1.54, 1.807) is 7.11 Å². The van der Waals surface area contributed by atoms with Crippen LogP contribution < -0.4 is 10.1 Å². The molecular formula is C19H22N2O2. The lowest BCUT2D eigenvalue weighted by Crippen LogP contribution is -2.32. The average molecular weight is 310 g/mol. The first-order valence-corrected chi connectivity index (χ1v) is 7.89. The highest BCUT2D eigenvalue weighted by Gasteiger charge is 2.26. The van der Waals surface area contributed by atoms with Crippen molar-refractivity contribution in [1.82, 2.24) is 4.90 Å². The number of hydrogen-bond acceptors (Lipinski definition) is 3. The smallest absolute Gasteiger partial charge is 0.238 e. The van der Waals surface area contributed by atoms with Gasteiger partial charge in [0, 0.05) is 17.8 Å². The zero-order chi connectivity index (χ0) is 16.2. The van der Waals surface area contributed by atoms with Gasteiger partial charge >= 0.3 is 0 Å². The molecule has 2 aromatic rings. The molecule has 0 heterocycles. The number of hydrogen-bond donors (Lipinski definition) is 1. The minimum absolute atomic E-state index is 0.00914. The first-order valence-electron chi connectivity index (χ1n) is 7.89. The van der Waals surface area contributed by atoms with Crippen molar-refractivity contribution in [2.24, 2.45) is 0 Å². The van der Waals surface area contributed by atoms with Crippen LogP contribution in [0.2, 0.25) is 0 Å². The summed E-state index contributed by atoms with van der Waals surface area (Å²) in [7, 11) is 3.63. The molecule has 0 radical (unpaired) electrons. The van der Waals surface area contributed by atoms with E-state index in [1.807, 2.05) is 31.3 Å². The highest BCUT2D eigenvalue weighted by molar-refractivity contribution is 5.92. The van der Waals surface area contributed by atoms with Crippen LogP contribution in [-0.4, -0.2) is 31.5 Å². The summed E-state index contributed by atoms with van der Waals surface area (Å²) in [6.45, 7) is 0.371. The number of ether oxygens (including phenoxy) is 1. The van der Waals surface area contributed by atoms with E-state index < -0.39 is 0 Å². The molecule has 0 unspecified atom stereocenters. The maximum Gasteiger partial charge on any atom is 0.238 e. The number of carbonyl (C=O) groups excluding carboxylic acids is 1. The normalized spacial score (nSPS) is 16.2. The fourth-order valence-electron chi connectivity index (χ4n) is 3.23. The molecule has 2 aromatic carbocycles. The van der Waals surface area contributed by atoms with Gasteiger partial charge in [0.2, 0.25) is 5.91 Å². The van der Waals surface area contributed by atoms with Gasteiger partial charge in [0.05, 0.1) is 13.7 Å². The van der Waals surface area contributed by atoms with Crippen LogP contribution in [0.25, 0.3) is 0 Å². The first-order chi connectivity index (χ1) is 11.2. The molecule has 1 amide bonds. The van der Waals surface area contributed by atoms with E-state index in [9.17, 15) is 4.79 Å². The van der Waals surface area contributed by atoms with Gasteiger partial charge in [-0.25, -0.2) is 0 Å². The van der Waals surface area contributed by atoms with Crippen LogP contribution in [0.15, 0.2) is 48.5 Å². The second kappa shape index (κ2) is 6.84. The maximum absolute atomic E-state index is 12.3. The lowest BCUT2D eigenvalue weighted by Gasteiger charge is -2.24. The highest BCUT2D eigenvalue weighted by Crippen LogP contribution is 2.34. The van der Waals surface area contributed by atoms with Crippen molar-refractivity contribution < 1.29 is 9.53 Å². The summed E-state index contributed by atoms with van der Waals surface area (Å²) in [4.78, 5) is 14.4. The quantitative estimate of drug-likeness (QED) is 0.921. The number of likely N-dealkylation sites (N-methyl/N-ethyl adjacent to an activating group) is 1. The lowest BCUT2D eigenvalue weighted by atomic mass is 10.1. The fraction of sp³-hybridized carbons (Fsp3) is 0.316. The molecule has 3 rings (SSSR count). The molecule has 1 aliphatic carbocycles. The van der Waals surface area contributed by atoms with Crippen LogP contribution in [0.5, 0.6) is 5.75 Å². The van der Waals surface area contributed by atoms with Gasteiger partial charge in [-0.2, -0.15) is 0 Å². The Morgan fingerprint density at radius 1 is 1.26 bits per heavy atom. The number of methoxy groups -OCH3 is 1. The number of fused-ring (bicyclic) bond motifs is 1. The predicted octanol–water partition coefficient (Wildman–Crippen LogP) is 3.25. The second-order valence-corrected chi connectivity index (χ2v) is 5.95. The van der Waals surface area contributed by atoms with Crippen molar-refractivity contribution in [2.75, 3.05) is 26.0 Å². The zero-order valence-electron chi connectivity index (χ0n) is 13.6. The molecule has 0 aliphatic heterocycles. The molecule has 0 saturated carbocycles. The number of carbonyl (C=O) groups is 1. The molecule has 23 heavy (non-hydrogen) atoms. The van der Waals surface area contributed by atoms with Crippen molar-refractivity contribution in [3.05, 3.63) is 59.7 Å². The number of amides is 1. The SMILES string of the molecule is COc1cccc(NC(=O)CN(C)[C@@H]2CCc3ccccc32)c1. The van der Waals surface area contributed by atoms with Crippen molar-refractivity contribution in [2.45, 2.75) is 18.9 Å². The molecule has 120 valence electrons. The van der Waals surface area contributed by atoms with E-state index in [4.69, 9.17) is 4.74 Å². The third-order valence-corrected chi connectivity index (χ3v) is 4.38. The Hall–Kier alpha value is -2.33. The van der Waals surface area contributed by atoms with Gasteiger partial charge in [-0.15, -0.1) is 0 Å². The van der Waals surface area contributed by atoms with Crippen molar-refractivity contribution in [3.63, 3.8) is 0 Å². The summed E-state index contributed by atoms with van der Waals surface area (Å²) in [5.41, 5.74) is 3.51. The molecule has 1 atom stereocenters. The highest BCUT2D eigenvalue weighted by atomic mass is 16.5. The van der Waals surface area contributed by atoms with Crippen LogP contribution >= 0.6 is 0 Å². The van der Waals surface area contributed by atoms with Gasteiger partial charge < -0.3 is 10.1 Å². The van der Waals surface area contributed by atoms with E-state index in [0.717, 1.165) is 24.3 Å². The Morgan fingerprint density at radius 2 is 2.09 bits per heavy atom. The van der Waals surface area contributed by atoms with E-state index >= 15 is 0 Å². The minimum atomic E-state index is -0.00914. The van der Waals surface area contributed by atoms with E-state index in [0.29, 0.717) is 12.6 Å². The molecule has 4 heteroatoms. The number of anilines is 1. The summed E-state index contributed by atoms with van der Waals surface area (Å²) < 4.78 is 5.18. The summed E-state index contributed by atoms with van der Waals surface area (Å²) >= 11 is 0. The van der Waals surface area contributed by atoms with Gasteiger partial charge in [0.25, 0.3) is 0 Å². The van der Waals surface area contributed by atoms with E-state index in [1.165, 1.54) is 11.1 Å². The van der Waals surface area contributed by atoms with Crippen LogP contribution in [-0.2, 0) is 11.2 Å². The summed E-state index contributed by atoms with van der Waals surface area (Å²) in [6.07, 6.45) is 2.16. The Morgan fingerprint density at radius 3 is 2.91 bits per heavy atom. The molecule has 0 bridgehead atoms. The third kappa shape index (κ3) is 3.54. The summed E-state index contributed by atoms with van der Waals surface area (Å²) in [5.74, 6) is 0.728. The predicted molar refractivity (Wildman–Crippen MR) is 91.8 cm³/mol. The Labute approximate surface area is 137 Å². The van der Waals surface area contributed by atoms with Gasteiger partial charge in [0.1, 0.15) is 5.75 Å². The molecule has 1 aliphatic rings. The molecule has 1 N–H and O–H groups in total. The average Bonchev–Trinajstić information content (AvgIpc) is 2.99. The van der Waals surface area contributed by atoms with Gasteiger partial charge in [0.15, 0.2) is 0 Å². The topological polar surface area (TPSA) is 41.6 Å². The number of benzene rings is 2. The minimum Gasteiger partial charge on any atom is -0.497 e. The Bertz CT molecular complexity index is 699. The van der Waals surface area contributed by atoms with Crippen LogP contribution in [0, 0.1) is 0 Å². The molecule has 4 nitrogen and oxygen atoms in total. The molecule has 0 saturated heterocycles. The summed E-state index contributed by atoms with van der Waals surface area (Å²) in [5, 5.41) is 2.93.